The third-order valence-corrected chi connectivity index (χ3v) is 6.34. The van der Waals surface area contributed by atoms with Gasteiger partial charge in [-0.1, -0.05) is 92.7 Å². The third kappa shape index (κ3) is 2.89. The Bertz CT molecular complexity index is 1470. The molecule has 5 aromatic rings. The van der Waals surface area contributed by atoms with Gasteiger partial charge in [0.25, 0.3) is 0 Å². The second-order valence-electron chi connectivity index (χ2n) is 8.71. The lowest BCUT2D eigenvalue weighted by Crippen LogP contribution is -2.24. The first-order valence-corrected chi connectivity index (χ1v) is 10.9. The zero-order valence-electron chi connectivity index (χ0n) is 18.0. The summed E-state index contributed by atoms with van der Waals surface area (Å²) in [5.74, 6) is 2.47. The highest BCUT2D eigenvalue weighted by atomic mass is 16.5. The van der Waals surface area contributed by atoms with Crippen molar-refractivity contribution in [2.75, 3.05) is 0 Å². The van der Waals surface area contributed by atoms with Gasteiger partial charge in [-0.3, -0.25) is 0 Å². The zero-order valence-corrected chi connectivity index (χ0v) is 18.0. The van der Waals surface area contributed by atoms with Gasteiger partial charge in [0.15, 0.2) is 5.82 Å². The summed E-state index contributed by atoms with van der Waals surface area (Å²) in [6, 6.07) is 33.1. The lowest BCUT2D eigenvalue weighted by molar-refractivity contribution is 0.418. The second-order valence-corrected chi connectivity index (χ2v) is 8.71. The summed E-state index contributed by atoms with van der Waals surface area (Å²) in [7, 11) is 0. The van der Waals surface area contributed by atoms with Crippen LogP contribution in [0.4, 0.5) is 0 Å². The minimum atomic E-state index is -0.137. The Morgan fingerprint density at radius 2 is 1.34 bits per heavy atom. The van der Waals surface area contributed by atoms with Crippen molar-refractivity contribution in [3.05, 3.63) is 108 Å². The van der Waals surface area contributed by atoms with Gasteiger partial charge in [-0.15, -0.1) is 0 Å². The molecule has 2 heterocycles. The molecule has 0 fully saturated rings. The average molecular weight is 415 g/mol. The first kappa shape index (κ1) is 18.8. The Morgan fingerprint density at radius 3 is 2.22 bits per heavy atom. The molecule has 0 saturated heterocycles. The highest BCUT2D eigenvalue weighted by Crippen LogP contribution is 2.48. The van der Waals surface area contributed by atoms with Crippen LogP contribution in [0.25, 0.3) is 33.5 Å². The van der Waals surface area contributed by atoms with E-state index in [2.05, 4.69) is 62.4 Å². The molecular weight excluding hydrogens is 392 g/mol. The molecular formula is C29H22N2O. The maximum atomic E-state index is 6.32. The first-order chi connectivity index (χ1) is 15.6. The standard InChI is InChI=1S/C29H22N2O/c1-29(2)22-13-7-9-15-25(22)32-26-18-20(16-17-23(26)29)28-30-24-14-8-6-12-21(24)27(31-28)19-10-4-3-5-11-19/h3-18H,1-2H3. The van der Waals surface area contributed by atoms with E-state index in [0.29, 0.717) is 5.82 Å². The number of hydrogen-bond acceptors (Lipinski definition) is 3. The SMILES string of the molecule is CC1(C)c2ccccc2Oc2cc(-c3nc(-c4ccccc4)c4ccccc4n3)ccc21. The van der Waals surface area contributed by atoms with E-state index in [1.807, 2.05) is 48.5 Å². The van der Waals surface area contributed by atoms with Gasteiger partial charge >= 0.3 is 0 Å². The number of benzene rings is 4. The summed E-state index contributed by atoms with van der Waals surface area (Å²) >= 11 is 0. The Hall–Kier alpha value is -3.98. The van der Waals surface area contributed by atoms with Gasteiger partial charge in [-0.2, -0.15) is 0 Å². The maximum absolute atomic E-state index is 6.32. The van der Waals surface area contributed by atoms with E-state index in [4.69, 9.17) is 14.7 Å². The average Bonchev–Trinajstić information content (AvgIpc) is 2.83. The van der Waals surface area contributed by atoms with Crippen molar-refractivity contribution in [3.63, 3.8) is 0 Å². The number of aromatic nitrogens is 2. The molecule has 1 aliphatic heterocycles. The first-order valence-electron chi connectivity index (χ1n) is 10.9. The van der Waals surface area contributed by atoms with Crippen molar-refractivity contribution >= 4 is 10.9 Å². The van der Waals surface area contributed by atoms with Crippen LogP contribution in [0.3, 0.4) is 0 Å². The van der Waals surface area contributed by atoms with E-state index in [-0.39, 0.29) is 5.41 Å². The summed E-state index contributed by atoms with van der Waals surface area (Å²) in [5.41, 5.74) is 6.13. The van der Waals surface area contributed by atoms with Crippen molar-refractivity contribution < 1.29 is 4.74 Å². The summed E-state index contributed by atoms with van der Waals surface area (Å²) in [6.45, 7) is 4.49. The van der Waals surface area contributed by atoms with Crippen LogP contribution in [-0.4, -0.2) is 9.97 Å². The van der Waals surface area contributed by atoms with Crippen molar-refractivity contribution in [3.8, 4) is 34.1 Å². The molecule has 154 valence electrons. The minimum absolute atomic E-state index is 0.137. The molecule has 0 aliphatic carbocycles. The van der Waals surface area contributed by atoms with Gasteiger partial charge in [0.05, 0.1) is 11.2 Å². The number of hydrogen-bond donors (Lipinski definition) is 0. The largest absolute Gasteiger partial charge is 0.457 e. The van der Waals surface area contributed by atoms with Crippen LogP contribution < -0.4 is 4.74 Å². The molecule has 1 aliphatic rings. The predicted octanol–water partition coefficient (Wildman–Crippen LogP) is 7.40. The second kappa shape index (κ2) is 7.03. The molecule has 32 heavy (non-hydrogen) atoms. The van der Waals surface area contributed by atoms with Gasteiger partial charge in [-0.25, -0.2) is 9.97 Å². The molecule has 0 unspecified atom stereocenters. The van der Waals surface area contributed by atoms with Gasteiger partial charge < -0.3 is 4.74 Å². The van der Waals surface area contributed by atoms with E-state index >= 15 is 0 Å². The molecule has 0 amide bonds. The van der Waals surface area contributed by atoms with Crippen LogP contribution in [0.5, 0.6) is 11.5 Å². The summed E-state index contributed by atoms with van der Waals surface area (Å²) in [4.78, 5) is 9.90. The smallest absolute Gasteiger partial charge is 0.160 e. The fraction of sp³-hybridized carbons (Fsp3) is 0.103. The van der Waals surface area contributed by atoms with Gasteiger partial charge in [0.2, 0.25) is 0 Å². The van der Waals surface area contributed by atoms with Crippen LogP contribution >= 0.6 is 0 Å². The normalized spacial score (nSPS) is 13.8. The predicted molar refractivity (Wildman–Crippen MR) is 129 cm³/mol. The Morgan fingerprint density at radius 1 is 0.625 bits per heavy atom. The van der Waals surface area contributed by atoms with Gasteiger partial charge in [-0.05, 0) is 18.2 Å². The fourth-order valence-electron chi connectivity index (χ4n) is 4.62. The molecule has 3 heteroatoms. The minimum Gasteiger partial charge on any atom is -0.457 e. The highest BCUT2D eigenvalue weighted by molar-refractivity contribution is 5.93. The van der Waals surface area contributed by atoms with Crippen LogP contribution in [0.1, 0.15) is 25.0 Å². The van der Waals surface area contributed by atoms with Crippen molar-refractivity contribution in [1.29, 1.82) is 0 Å². The quantitative estimate of drug-likeness (QED) is 0.302. The van der Waals surface area contributed by atoms with Gasteiger partial charge in [0, 0.05) is 33.1 Å². The van der Waals surface area contributed by atoms with Crippen LogP contribution in [0.15, 0.2) is 97.1 Å². The van der Waals surface area contributed by atoms with Crippen molar-refractivity contribution in [1.82, 2.24) is 9.97 Å². The summed E-state index contributed by atoms with van der Waals surface area (Å²) < 4.78 is 6.32. The van der Waals surface area contributed by atoms with E-state index in [9.17, 15) is 0 Å². The third-order valence-electron chi connectivity index (χ3n) is 6.34. The number of para-hydroxylation sites is 2. The Balaban J connectivity index is 1.53. The van der Waals surface area contributed by atoms with E-state index in [1.165, 1.54) is 11.1 Å². The lowest BCUT2D eigenvalue weighted by Gasteiger charge is -2.34. The number of rotatable bonds is 2. The molecule has 1 aromatic heterocycles. The number of fused-ring (bicyclic) bond motifs is 3. The molecule has 6 rings (SSSR count). The summed E-state index contributed by atoms with van der Waals surface area (Å²) in [5, 5.41) is 1.05. The zero-order chi connectivity index (χ0) is 21.7. The van der Waals surface area contributed by atoms with Crippen molar-refractivity contribution in [2.45, 2.75) is 19.3 Å². The molecule has 0 N–H and O–H groups in total. The van der Waals surface area contributed by atoms with Crippen LogP contribution in [0, 0.1) is 0 Å². The van der Waals surface area contributed by atoms with Crippen LogP contribution in [-0.2, 0) is 5.41 Å². The van der Waals surface area contributed by atoms with E-state index < -0.39 is 0 Å². The fourth-order valence-corrected chi connectivity index (χ4v) is 4.62. The van der Waals surface area contributed by atoms with Crippen molar-refractivity contribution in [2.24, 2.45) is 0 Å². The van der Waals surface area contributed by atoms with Crippen LogP contribution in [0.2, 0.25) is 0 Å². The number of nitrogens with zero attached hydrogens (tertiary/aromatic N) is 2. The monoisotopic (exact) mass is 414 g/mol. The van der Waals surface area contributed by atoms with E-state index in [0.717, 1.165) is 39.2 Å². The maximum Gasteiger partial charge on any atom is 0.160 e. The molecule has 0 saturated carbocycles. The summed E-state index contributed by atoms with van der Waals surface area (Å²) in [6.07, 6.45) is 0. The molecule has 3 nitrogen and oxygen atoms in total. The molecule has 4 aromatic carbocycles. The van der Waals surface area contributed by atoms with E-state index in [1.54, 1.807) is 0 Å². The molecule has 0 spiro atoms. The lowest BCUT2D eigenvalue weighted by atomic mass is 9.75. The Labute approximate surface area is 187 Å². The molecule has 0 atom stereocenters. The number of ether oxygens (including phenoxy) is 1. The molecule has 0 radical (unpaired) electrons. The Kier molecular flexibility index (Phi) is 4.12. The van der Waals surface area contributed by atoms with Gasteiger partial charge in [0.1, 0.15) is 11.5 Å². The topological polar surface area (TPSA) is 35.0 Å². The highest BCUT2D eigenvalue weighted by Gasteiger charge is 2.34. The molecule has 0 bridgehead atoms.